The van der Waals surface area contributed by atoms with E-state index in [9.17, 15) is 9.59 Å². The van der Waals surface area contributed by atoms with Crippen molar-refractivity contribution in [1.29, 1.82) is 0 Å². The average Bonchev–Trinajstić information content (AvgIpc) is 3.13. The van der Waals surface area contributed by atoms with Crippen LogP contribution in [0.5, 0.6) is 0 Å². The Labute approximate surface area is 228 Å². The van der Waals surface area contributed by atoms with Crippen LogP contribution in [0.1, 0.15) is 79.7 Å². The van der Waals surface area contributed by atoms with Crippen LogP contribution in [-0.2, 0) is 24.3 Å². The van der Waals surface area contributed by atoms with Gasteiger partial charge in [0.15, 0.2) is 0 Å². The molecule has 2 saturated heterocycles. The molecule has 38 heavy (non-hydrogen) atoms. The number of benzene rings is 1. The molecule has 9 heteroatoms. The molecule has 8 nitrogen and oxygen atoms in total. The lowest BCUT2D eigenvalue weighted by Gasteiger charge is -2.45. The van der Waals surface area contributed by atoms with E-state index in [0.29, 0.717) is 32.0 Å². The van der Waals surface area contributed by atoms with E-state index in [1.165, 1.54) is 0 Å². The smallest absolute Gasteiger partial charge is 0.444 e. The number of carbonyl (C=O) groups excluding carboxylic acids is 2. The molecule has 0 atom stereocenters. The normalized spacial score (nSPS) is 27.6. The number of carbonyl (C=O) groups is 2. The third kappa shape index (κ3) is 4.44. The van der Waals surface area contributed by atoms with Gasteiger partial charge in [-0.15, -0.1) is 0 Å². The topological polar surface area (TPSA) is 71.6 Å². The second-order valence-electron chi connectivity index (χ2n) is 13.8. The number of piperidine rings is 1. The molecule has 1 aromatic rings. The minimum Gasteiger partial charge on any atom is -0.444 e. The van der Waals surface area contributed by atoms with Crippen LogP contribution in [0, 0.1) is 0 Å². The average molecular weight is 525 g/mol. The number of rotatable bonds is 3. The predicted molar refractivity (Wildman–Crippen MR) is 149 cm³/mol. The Bertz CT molecular complexity index is 1100. The summed E-state index contributed by atoms with van der Waals surface area (Å²) < 4.78 is 18.3. The minimum atomic E-state index is -0.620. The SMILES string of the molecule is CN(C)[C@H]1C[C@@H](N2C(=O)C3(CCN(C(=O)OC(C)(C)C)CC3)c3ccc(B4OC(C)(C)C(C)(C)O4)cc32)C1. The Balaban J connectivity index is 1.45. The second-order valence-corrected chi connectivity index (χ2v) is 13.8. The molecule has 0 radical (unpaired) electrons. The summed E-state index contributed by atoms with van der Waals surface area (Å²) in [6, 6.07) is 6.94. The zero-order valence-electron chi connectivity index (χ0n) is 24.6. The zero-order chi connectivity index (χ0) is 27.8. The Morgan fingerprint density at radius 2 is 1.63 bits per heavy atom. The van der Waals surface area contributed by atoms with Gasteiger partial charge in [-0.05, 0) is 105 Å². The van der Waals surface area contributed by atoms with Crippen LogP contribution in [-0.4, -0.2) is 85.0 Å². The van der Waals surface area contributed by atoms with Crippen molar-refractivity contribution in [3.63, 3.8) is 0 Å². The molecule has 0 bridgehead atoms. The highest BCUT2D eigenvalue weighted by atomic mass is 16.7. The number of hydrogen-bond acceptors (Lipinski definition) is 6. The van der Waals surface area contributed by atoms with E-state index < -0.39 is 29.3 Å². The first-order chi connectivity index (χ1) is 17.5. The van der Waals surface area contributed by atoms with E-state index in [4.69, 9.17) is 14.0 Å². The van der Waals surface area contributed by atoms with Crippen molar-refractivity contribution >= 4 is 30.3 Å². The van der Waals surface area contributed by atoms with Crippen molar-refractivity contribution in [2.75, 3.05) is 32.1 Å². The molecule has 3 aliphatic heterocycles. The Morgan fingerprint density at radius 1 is 1.05 bits per heavy atom. The van der Waals surface area contributed by atoms with Gasteiger partial charge >= 0.3 is 13.2 Å². The van der Waals surface area contributed by atoms with Crippen LogP contribution < -0.4 is 10.4 Å². The Kier molecular flexibility index (Phi) is 6.48. The minimum absolute atomic E-state index is 0.171. The molecule has 3 fully saturated rings. The van der Waals surface area contributed by atoms with Gasteiger partial charge in [-0.2, -0.15) is 0 Å². The number of amides is 2. The monoisotopic (exact) mass is 525 g/mol. The first kappa shape index (κ1) is 27.5. The maximum Gasteiger partial charge on any atom is 0.494 e. The Hall–Kier alpha value is -2.10. The third-order valence-corrected chi connectivity index (χ3v) is 9.40. The van der Waals surface area contributed by atoms with E-state index in [1.807, 2.05) is 20.8 Å². The summed E-state index contributed by atoms with van der Waals surface area (Å²) in [7, 11) is 3.72. The molecule has 0 unspecified atom stereocenters. The highest BCUT2D eigenvalue weighted by Crippen LogP contribution is 2.51. The van der Waals surface area contributed by atoms with Gasteiger partial charge in [-0.25, -0.2) is 4.79 Å². The van der Waals surface area contributed by atoms with Gasteiger partial charge in [0.1, 0.15) is 5.60 Å². The molecular weight excluding hydrogens is 481 g/mol. The lowest BCUT2D eigenvalue weighted by Crippen LogP contribution is -2.57. The summed E-state index contributed by atoms with van der Waals surface area (Å²) in [4.78, 5) is 33.1. The molecule has 5 rings (SSSR count). The zero-order valence-corrected chi connectivity index (χ0v) is 24.6. The fourth-order valence-electron chi connectivity index (χ4n) is 6.17. The lowest BCUT2D eigenvalue weighted by atomic mass is 9.71. The Morgan fingerprint density at radius 3 is 2.16 bits per heavy atom. The fourth-order valence-corrected chi connectivity index (χ4v) is 6.17. The number of ether oxygens (including phenoxy) is 1. The van der Waals surface area contributed by atoms with Gasteiger partial charge < -0.3 is 28.7 Å². The van der Waals surface area contributed by atoms with Gasteiger partial charge in [0, 0.05) is 30.9 Å². The van der Waals surface area contributed by atoms with Crippen molar-refractivity contribution in [2.45, 2.75) is 108 Å². The van der Waals surface area contributed by atoms with E-state index >= 15 is 0 Å². The van der Waals surface area contributed by atoms with Gasteiger partial charge in [0.2, 0.25) is 5.91 Å². The van der Waals surface area contributed by atoms with Crippen molar-refractivity contribution in [1.82, 2.24) is 9.80 Å². The van der Waals surface area contributed by atoms with E-state index in [-0.39, 0.29) is 18.0 Å². The number of fused-ring (bicyclic) bond motifs is 2. The van der Waals surface area contributed by atoms with Crippen LogP contribution in [0.2, 0.25) is 0 Å². The van der Waals surface area contributed by atoms with Gasteiger partial charge in [0.25, 0.3) is 0 Å². The van der Waals surface area contributed by atoms with Crippen LogP contribution in [0.4, 0.5) is 10.5 Å². The maximum absolute atomic E-state index is 14.3. The molecule has 3 heterocycles. The first-order valence-corrected chi connectivity index (χ1v) is 14.0. The van der Waals surface area contributed by atoms with Gasteiger partial charge in [-0.1, -0.05) is 12.1 Å². The molecular formula is C29H44BN3O5. The largest absolute Gasteiger partial charge is 0.494 e. The predicted octanol–water partition coefficient (Wildman–Crippen LogP) is 3.69. The van der Waals surface area contributed by atoms with E-state index in [1.54, 1.807) is 4.90 Å². The number of likely N-dealkylation sites (tertiary alicyclic amines) is 1. The molecule has 1 aromatic carbocycles. The summed E-state index contributed by atoms with van der Waals surface area (Å²) in [5, 5.41) is 0. The molecule has 1 aliphatic carbocycles. The summed E-state index contributed by atoms with van der Waals surface area (Å²) in [6.07, 6.45) is 2.79. The molecule has 0 N–H and O–H groups in total. The quantitative estimate of drug-likeness (QED) is 0.561. The van der Waals surface area contributed by atoms with Crippen molar-refractivity contribution in [3.05, 3.63) is 23.8 Å². The number of hydrogen-bond donors (Lipinski definition) is 0. The van der Waals surface area contributed by atoms with Crippen LogP contribution >= 0.6 is 0 Å². The summed E-state index contributed by atoms with van der Waals surface area (Å²) in [5.74, 6) is 0.171. The molecule has 208 valence electrons. The molecule has 1 spiro atoms. The van der Waals surface area contributed by atoms with E-state index in [0.717, 1.165) is 29.6 Å². The highest BCUT2D eigenvalue weighted by molar-refractivity contribution is 6.62. The first-order valence-electron chi connectivity index (χ1n) is 14.0. The summed E-state index contributed by atoms with van der Waals surface area (Å²) in [5.41, 5.74) is 0.951. The van der Waals surface area contributed by atoms with Crippen molar-refractivity contribution in [3.8, 4) is 0 Å². The number of nitrogens with zero attached hydrogens (tertiary/aromatic N) is 3. The molecule has 2 amide bonds. The second kappa shape index (κ2) is 8.96. The van der Waals surface area contributed by atoms with Gasteiger partial charge in [-0.3, -0.25) is 4.79 Å². The van der Waals surface area contributed by atoms with Crippen LogP contribution in [0.25, 0.3) is 0 Å². The molecule has 1 saturated carbocycles. The summed E-state index contributed by atoms with van der Waals surface area (Å²) >= 11 is 0. The van der Waals surface area contributed by atoms with Crippen molar-refractivity contribution < 1.29 is 23.6 Å². The molecule has 0 aromatic heterocycles. The standard InChI is InChI=1S/C29H44BN3O5/c1-26(2,3)36-25(35)32-14-12-29(13-15-32)22-11-10-19(30-37-27(4,5)28(6,7)38-30)16-23(22)33(24(29)34)21-17-20(18-21)31(8)9/h10-11,16,20-21H,12-15,17-18H2,1-9H3/t20-,21+. The van der Waals surface area contributed by atoms with Crippen LogP contribution in [0.15, 0.2) is 18.2 Å². The van der Waals surface area contributed by atoms with E-state index in [2.05, 4.69) is 69.8 Å². The fraction of sp³-hybridized carbons (Fsp3) is 0.724. The maximum atomic E-state index is 14.3. The highest BCUT2D eigenvalue weighted by Gasteiger charge is 2.57. The van der Waals surface area contributed by atoms with Crippen molar-refractivity contribution in [2.24, 2.45) is 0 Å². The number of anilines is 1. The third-order valence-electron chi connectivity index (χ3n) is 9.40. The lowest BCUT2D eigenvalue weighted by molar-refractivity contribution is -0.126. The molecule has 4 aliphatic rings. The van der Waals surface area contributed by atoms with Crippen LogP contribution in [0.3, 0.4) is 0 Å². The summed E-state index contributed by atoms with van der Waals surface area (Å²) in [6.45, 7) is 14.8. The van der Waals surface area contributed by atoms with Gasteiger partial charge in [0.05, 0.1) is 16.6 Å².